The van der Waals surface area contributed by atoms with E-state index in [1.807, 2.05) is 0 Å². The molecule has 1 atom stereocenters. The first-order valence-electron chi connectivity index (χ1n) is 6.37. The van der Waals surface area contributed by atoms with Crippen LogP contribution in [0.1, 0.15) is 37.9 Å². The molecule has 0 bridgehead atoms. The molecule has 1 N–H and O–H groups in total. The fourth-order valence-corrected chi connectivity index (χ4v) is 2.51. The standard InChI is InChI=1S/C14H22N2/c1-4-15-11(3)12-6-7-14-13(10-12)8-9-16(14)5-2/h6-7,10-11,15H,4-5,8-9H2,1-3H3. The predicted octanol–water partition coefficient (Wildman–Crippen LogP) is 2.74. The van der Waals surface area contributed by atoms with Gasteiger partial charge in [-0.15, -0.1) is 0 Å². The average molecular weight is 218 g/mol. The van der Waals surface area contributed by atoms with Gasteiger partial charge in [0.2, 0.25) is 0 Å². The summed E-state index contributed by atoms with van der Waals surface area (Å²) < 4.78 is 0. The molecule has 1 aliphatic heterocycles. The van der Waals surface area contributed by atoms with Crippen molar-refractivity contribution in [1.29, 1.82) is 0 Å². The molecule has 0 fully saturated rings. The van der Waals surface area contributed by atoms with Crippen molar-refractivity contribution in [3.63, 3.8) is 0 Å². The molecule has 2 nitrogen and oxygen atoms in total. The quantitative estimate of drug-likeness (QED) is 0.836. The van der Waals surface area contributed by atoms with E-state index < -0.39 is 0 Å². The largest absolute Gasteiger partial charge is 0.371 e. The molecule has 0 aromatic heterocycles. The minimum Gasteiger partial charge on any atom is -0.371 e. The lowest BCUT2D eigenvalue weighted by Gasteiger charge is -2.18. The first kappa shape index (κ1) is 11.5. The highest BCUT2D eigenvalue weighted by molar-refractivity contribution is 5.59. The first-order chi connectivity index (χ1) is 7.76. The third kappa shape index (κ3) is 2.07. The molecule has 1 heterocycles. The minimum absolute atomic E-state index is 0.464. The van der Waals surface area contributed by atoms with Gasteiger partial charge in [-0.3, -0.25) is 0 Å². The maximum atomic E-state index is 3.46. The summed E-state index contributed by atoms with van der Waals surface area (Å²) in [6.07, 6.45) is 1.20. The van der Waals surface area contributed by atoms with Gasteiger partial charge in [-0.1, -0.05) is 19.1 Å². The number of anilines is 1. The highest BCUT2D eigenvalue weighted by atomic mass is 15.1. The highest BCUT2D eigenvalue weighted by Crippen LogP contribution is 2.30. The van der Waals surface area contributed by atoms with Gasteiger partial charge in [-0.25, -0.2) is 0 Å². The van der Waals surface area contributed by atoms with Crippen molar-refractivity contribution >= 4 is 5.69 Å². The fraction of sp³-hybridized carbons (Fsp3) is 0.571. The maximum absolute atomic E-state index is 3.46. The molecular formula is C14H22N2. The number of nitrogens with zero attached hydrogens (tertiary/aromatic N) is 1. The predicted molar refractivity (Wildman–Crippen MR) is 70.1 cm³/mol. The minimum atomic E-state index is 0.464. The Hall–Kier alpha value is -1.02. The molecule has 2 heteroatoms. The lowest BCUT2D eigenvalue weighted by molar-refractivity contribution is 0.598. The van der Waals surface area contributed by atoms with Gasteiger partial charge in [0.05, 0.1) is 0 Å². The summed E-state index contributed by atoms with van der Waals surface area (Å²) in [5.74, 6) is 0. The number of likely N-dealkylation sites (N-methyl/N-ethyl adjacent to an activating group) is 1. The van der Waals surface area contributed by atoms with Gasteiger partial charge in [0.25, 0.3) is 0 Å². The number of hydrogen-bond acceptors (Lipinski definition) is 2. The first-order valence-corrected chi connectivity index (χ1v) is 6.37. The van der Waals surface area contributed by atoms with E-state index in [0.29, 0.717) is 6.04 Å². The molecule has 0 spiro atoms. The lowest BCUT2D eigenvalue weighted by Crippen LogP contribution is -2.19. The van der Waals surface area contributed by atoms with Crippen LogP contribution in [0.4, 0.5) is 5.69 Å². The van der Waals surface area contributed by atoms with E-state index in [2.05, 4.69) is 49.2 Å². The zero-order valence-electron chi connectivity index (χ0n) is 10.6. The molecule has 16 heavy (non-hydrogen) atoms. The Balaban J connectivity index is 2.21. The Kier molecular flexibility index (Phi) is 3.49. The van der Waals surface area contributed by atoms with Crippen LogP contribution >= 0.6 is 0 Å². The van der Waals surface area contributed by atoms with E-state index in [4.69, 9.17) is 0 Å². The Bertz CT molecular complexity index is 360. The number of rotatable bonds is 4. The van der Waals surface area contributed by atoms with E-state index in [0.717, 1.165) is 13.1 Å². The molecule has 0 radical (unpaired) electrons. The van der Waals surface area contributed by atoms with E-state index >= 15 is 0 Å². The van der Waals surface area contributed by atoms with Crippen molar-refractivity contribution in [1.82, 2.24) is 5.32 Å². The lowest BCUT2D eigenvalue weighted by atomic mass is 10.0. The van der Waals surface area contributed by atoms with Gasteiger partial charge in [0.1, 0.15) is 0 Å². The SMILES string of the molecule is CCNC(C)c1ccc2c(c1)CCN2CC. The van der Waals surface area contributed by atoms with Crippen molar-refractivity contribution in [2.24, 2.45) is 0 Å². The third-order valence-electron chi connectivity index (χ3n) is 3.49. The van der Waals surface area contributed by atoms with Crippen LogP contribution in [0.3, 0.4) is 0 Å². The van der Waals surface area contributed by atoms with Crippen LogP contribution in [0.5, 0.6) is 0 Å². The van der Waals surface area contributed by atoms with Crippen molar-refractivity contribution in [2.45, 2.75) is 33.2 Å². The van der Waals surface area contributed by atoms with Gasteiger partial charge in [0, 0.05) is 24.8 Å². The van der Waals surface area contributed by atoms with E-state index in [1.165, 1.54) is 29.8 Å². The second kappa shape index (κ2) is 4.88. The Morgan fingerprint density at radius 3 is 2.88 bits per heavy atom. The second-order valence-corrected chi connectivity index (χ2v) is 4.50. The molecular weight excluding hydrogens is 196 g/mol. The van der Waals surface area contributed by atoms with Crippen LogP contribution < -0.4 is 10.2 Å². The number of hydrogen-bond donors (Lipinski definition) is 1. The smallest absolute Gasteiger partial charge is 0.0399 e. The van der Waals surface area contributed by atoms with E-state index in [9.17, 15) is 0 Å². The van der Waals surface area contributed by atoms with Gasteiger partial charge in [-0.2, -0.15) is 0 Å². The Morgan fingerprint density at radius 1 is 1.38 bits per heavy atom. The van der Waals surface area contributed by atoms with Gasteiger partial charge in [0.15, 0.2) is 0 Å². The second-order valence-electron chi connectivity index (χ2n) is 4.50. The molecule has 2 rings (SSSR count). The summed E-state index contributed by atoms with van der Waals surface area (Å²) in [4.78, 5) is 2.46. The van der Waals surface area contributed by atoms with Crippen LogP contribution in [0, 0.1) is 0 Å². The summed E-state index contributed by atoms with van der Waals surface area (Å²) in [6, 6.07) is 7.39. The number of benzene rings is 1. The molecule has 0 aliphatic carbocycles. The maximum Gasteiger partial charge on any atom is 0.0399 e. The molecule has 0 saturated carbocycles. The molecule has 1 aliphatic rings. The van der Waals surface area contributed by atoms with Crippen LogP contribution in [0.2, 0.25) is 0 Å². The fourth-order valence-electron chi connectivity index (χ4n) is 2.51. The van der Waals surface area contributed by atoms with E-state index in [-0.39, 0.29) is 0 Å². The molecule has 0 amide bonds. The topological polar surface area (TPSA) is 15.3 Å². The van der Waals surface area contributed by atoms with Gasteiger partial charge < -0.3 is 10.2 Å². The van der Waals surface area contributed by atoms with Crippen LogP contribution in [-0.4, -0.2) is 19.6 Å². The zero-order chi connectivity index (χ0) is 11.5. The van der Waals surface area contributed by atoms with Crippen molar-refractivity contribution in [2.75, 3.05) is 24.5 Å². The van der Waals surface area contributed by atoms with Crippen molar-refractivity contribution in [3.05, 3.63) is 29.3 Å². The van der Waals surface area contributed by atoms with E-state index in [1.54, 1.807) is 0 Å². The molecule has 1 aromatic rings. The summed E-state index contributed by atoms with van der Waals surface area (Å²) >= 11 is 0. The number of nitrogens with one attached hydrogen (secondary N) is 1. The van der Waals surface area contributed by atoms with Crippen LogP contribution in [0.25, 0.3) is 0 Å². The number of fused-ring (bicyclic) bond motifs is 1. The molecule has 0 saturated heterocycles. The summed E-state index contributed by atoms with van der Waals surface area (Å²) in [5, 5.41) is 3.46. The molecule has 1 aromatic carbocycles. The van der Waals surface area contributed by atoms with Crippen LogP contribution in [-0.2, 0) is 6.42 Å². The molecule has 88 valence electrons. The van der Waals surface area contributed by atoms with Crippen LogP contribution in [0.15, 0.2) is 18.2 Å². The summed E-state index contributed by atoms with van der Waals surface area (Å²) in [7, 11) is 0. The van der Waals surface area contributed by atoms with Gasteiger partial charge in [-0.05, 0) is 44.0 Å². The average Bonchev–Trinajstić information content (AvgIpc) is 2.71. The monoisotopic (exact) mass is 218 g/mol. The Morgan fingerprint density at radius 2 is 2.19 bits per heavy atom. The normalized spacial score (nSPS) is 16.3. The zero-order valence-corrected chi connectivity index (χ0v) is 10.6. The Labute approximate surface area is 98.7 Å². The highest BCUT2D eigenvalue weighted by Gasteiger charge is 2.18. The van der Waals surface area contributed by atoms with Crippen molar-refractivity contribution < 1.29 is 0 Å². The van der Waals surface area contributed by atoms with Gasteiger partial charge >= 0.3 is 0 Å². The van der Waals surface area contributed by atoms with Crippen molar-refractivity contribution in [3.8, 4) is 0 Å². The summed E-state index contributed by atoms with van der Waals surface area (Å²) in [5.41, 5.74) is 4.37. The third-order valence-corrected chi connectivity index (χ3v) is 3.49. The summed E-state index contributed by atoms with van der Waals surface area (Å²) in [6.45, 7) is 9.95. The molecule has 1 unspecified atom stereocenters.